The number of nitrogens with one attached hydrogen (secondary N) is 2. The molecular weight excluding hydrogens is 318 g/mol. The minimum absolute atomic E-state index is 0.0793. The predicted molar refractivity (Wildman–Crippen MR) is 96.6 cm³/mol. The summed E-state index contributed by atoms with van der Waals surface area (Å²) in [4.78, 5) is 25.5. The molecule has 1 unspecified atom stereocenters. The van der Waals surface area contributed by atoms with E-state index in [0.29, 0.717) is 17.8 Å². The van der Waals surface area contributed by atoms with Crippen molar-refractivity contribution in [3.05, 3.63) is 54.1 Å². The smallest absolute Gasteiger partial charge is 0.322 e. The molecule has 3 rings (SSSR count). The summed E-state index contributed by atoms with van der Waals surface area (Å²) < 4.78 is 0. The Kier molecular flexibility index (Phi) is 4.88. The molecule has 130 valence electrons. The number of carbonyl (C=O) groups is 2. The van der Waals surface area contributed by atoms with Crippen LogP contribution in [0.2, 0.25) is 0 Å². The summed E-state index contributed by atoms with van der Waals surface area (Å²) in [6, 6.07) is 13.9. The standard InChI is InChI=1S/C19H21N3O3/c1-13(23)20-15-9-10-16(18(24)12-15)17-8-5-11-22(17)19(25)21-14-6-3-2-4-7-14/h2-4,6-7,9-10,12,17,24H,5,8,11H2,1H3,(H,20,23)(H,21,25). The highest BCUT2D eigenvalue weighted by Crippen LogP contribution is 2.38. The van der Waals surface area contributed by atoms with Crippen molar-refractivity contribution in [1.29, 1.82) is 0 Å². The number of para-hydroxylation sites is 1. The Morgan fingerprint density at radius 1 is 1.08 bits per heavy atom. The van der Waals surface area contributed by atoms with Crippen molar-refractivity contribution in [3.8, 4) is 5.75 Å². The monoisotopic (exact) mass is 339 g/mol. The van der Waals surface area contributed by atoms with Crippen molar-refractivity contribution in [2.75, 3.05) is 17.2 Å². The Labute approximate surface area is 146 Å². The minimum Gasteiger partial charge on any atom is -0.508 e. The van der Waals surface area contributed by atoms with E-state index in [1.165, 1.54) is 13.0 Å². The van der Waals surface area contributed by atoms with Gasteiger partial charge in [0, 0.05) is 36.5 Å². The molecule has 6 heteroatoms. The first-order chi connectivity index (χ1) is 12.0. The molecule has 2 aromatic rings. The summed E-state index contributed by atoms with van der Waals surface area (Å²) in [6.45, 7) is 2.05. The second kappa shape index (κ2) is 7.25. The van der Waals surface area contributed by atoms with Crippen LogP contribution in [0.1, 0.15) is 31.4 Å². The third-order valence-corrected chi connectivity index (χ3v) is 4.25. The topological polar surface area (TPSA) is 81.7 Å². The van der Waals surface area contributed by atoms with Crippen LogP contribution in [0, 0.1) is 0 Å². The number of hydrogen-bond donors (Lipinski definition) is 3. The number of urea groups is 1. The van der Waals surface area contributed by atoms with Gasteiger partial charge < -0.3 is 20.6 Å². The van der Waals surface area contributed by atoms with Crippen LogP contribution in [0.4, 0.5) is 16.2 Å². The van der Waals surface area contributed by atoms with E-state index in [4.69, 9.17) is 0 Å². The van der Waals surface area contributed by atoms with E-state index in [9.17, 15) is 14.7 Å². The number of phenolic OH excluding ortho intramolecular Hbond substituents is 1. The molecule has 0 spiro atoms. The molecule has 6 nitrogen and oxygen atoms in total. The lowest BCUT2D eigenvalue weighted by Crippen LogP contribution is -2.34. The lowest BCUT2D eigenvalue weighted by Gasteiger charge is -2.26. The lowest BCUT2D eigenvalue weighted by molar-refractivity contribution is -0.114. The average molecular weight is 339 g/mol. The van der Waals surface area contributed by atoms with Crippen molar-refractivity contribution in [2.45, 2.75) is 25.8 Å². The van der Waals surface area contributed by atoms with Gasteiger partial charge in [-0.1, -0.05) is 24.3 Å². The number of aromatic hydroxyl groups is 1. The zero-order valence-electron chi connectivity index (χ0n) is 14.0. The molecule has 1 heterocycles. The van der Waals surface area contributed by atoms with Gasteiger partial charge in [0.15, 0.2) is 0 Å². The summed E-state index contributed by atoms with van der Waals surface area (Å²) in [5, 5.41) is 15.9. The van der Waals surface area contributed by atoms with Crippen LogP contribution in [0.15, 0.2) is 48.5 Å². The van der Waals surface area contributed by atoms with Gasteiger partial charge in [-0.3, -0.25) is 4.79 Å². The molecule has 3 amide bonds. The SMILES string of the molecule is CC(=O)Nc1ccc(C2CCCN2C(=O)Nc2ccccc2)c(O)c1. The number of amides is 3. The molecule has 0 bridgehead atoms. The maximum Gasteiger partial charge on any atom is 0.322 e. The van der Waals surface area contributed by atoms with Gasteiger partial charge >= 0.3 is 6.03 Å². The number of carbonyl (C=O) groups excluding carboxylic acids is 2. The van der Waals surface area contributed by atoms with Gasteiger partial charge in [0.05, 0.1) is 6.04 Å². The van der Waals surface area contributed by atoms with E-state index >= 15 is 0 Å². The van der Waals surface area contributed by atoms with E-state index in [1.54, 1.807) is 17.0 Å². The summed E-state index contributed by atoms with van der Waals surface area (Å²) in [7, 11) is 0. The molecule has 25 heavy (non-hydrogen) atoms. The van der Waals surface area contributed by atoms with Crippen LogP contribution in [-0.4, -0.2) is 28.5 Å². The molecular formula is C19H21N3O3. The lowest BCUT2D eigenvalue weighted by atomic mass is 10.0. The van der Waals surface area contributed by atoms with Crippen LogP contribution in [0.25, 0.3) is 0 Å². The highest BCUT2D eigenvalue weighted by atomic mass is 16.3. The molecule has 1 aliphatic heterocycles. The Morgan fingerprint density at radius 3 is 2.52 bits per heavy atom. The molecule has 1 atom stereocenters. The number of rotatable bonds is 3. The number of anilines is 2. The van der Waals surface area contributed by atoms with Gasteiger partial charge in [-0.2, -0.15) is 0 Å². The fraction of sp³-hybridized carbons (Fsp3) is 0.263. The van der Waals surface area contributed by atoms with E-state index < -0.39 is 0 Å². The second-order valence-electron chi connectivity index (χ2n) is 6.10. The Hall–Kier alpha value is -3.02. The van der Waals surface area contributed by atoms with Crippen LogP contribution in [0.5, 0.6) is 5.75 Å². The van der Waals surface area contributed by atoms with Crippen molar-refractivity contribution in [3.63, 3.8) is 0 Å². The van der Waals surface area contributed by atoms with Crippen molar-refractivity contribution in [1.82, 2.24) is 4.90 Å². The largest absolute Gasteiger partial charge is 0.508 e. The molecule has 0 aromatic heterocycles. The van der Waals surface area contributed by atoms with Crippen molar-refractivity contribution in [2.24, 2.45) is 0 Å². The average Bonchev–Trinajstić information content (AvgIpc) is 3.05. The van der Waals surface area contributed by atoms with Crippen molar-refractivity contribution < 1.29 is 14.7 Å². The summed E-state index contributed by atoms with van der Waals surface area (Å²) in [6.07, 6.45) is 1.66. The predicted octanol–water partition coefficient (Wildman–Crippen LogP) is 3.72. The maximum atomic E-state index is 12.6. The van der Waals surface area contributed by atoms with Gasteiger partial charge in [0.2, 0.25) is 5.91 Å². The fourth-order valence-corrected chi connectivity index (χ4v) is 3.16. The van der Waals surface area contributed by atoms with E-state index in [2.05, 4.69) is 10.6 Å². The molecule has 1 saturated heterocycles. The van der Waals surface area contributed by atoms with Crippen molar-refractivity contribution >= 4 is 23.3 Å². The molecule has 2 aromatic carbocycles. The van der Waals surface area contributed by atoms with E-state index in [1.807, 2.05) is 30.3 Å². The molecule has 1 fully saturated rings. The zero-order valence-corrected chi connectivity index (χ0v) is 14.0. The van der Waals surface area contributed by atoms with Gasteiger partial charge in [-0.25, -0.2) is 4.79 Å². The number of benzene rings is 2. The zero-order chi connectivity index (χ0) is 17.8. The fourth-order valence-electron chi connectivity index (χ4n) is 3.16. The van der Waals surface area contributed by atoms with E-state index in [-0.39, 0.29) is 23.7 Å². The van der Waals surface area contributed by atoms with Gasteiger partial charge in [0.1, 0.15) is 5.75 Å². The van der Waals surface area contributed by atoms with Gasteiger partial charge in [-0.15, -0.1) is 0 Å². The van der Waals surface area contributed by atoms with Crippen LogP contribution in [-0.2, 0) is 4.79 Å². The van der Waals surface area contributed by atoms with Crippen LogP contribution >= 0.6 is 0 Å². The normalized spacial score (nSPS) is 16.5. The number of phenols is 1. The maximum absolute atomic E-state index is 12.6. The van der Waals surface area contributed by atoms with Crippen LogP contribution < -0.4 is 10.6 Å². The summed E-state index contributed by atoms with van der Waals surface area (Å²) in [5.74, 6) is -0.118. The van der Waals surface area contributed by atoms with Gasteiger partial charge in [0.25, 0.3) is 0 Å². The molecule has 0 aliphatic carbocycles. The van der Waals surface area contributed by atoms with Crippen LogP contribution in [0.3, 0.4) is 0 Å². The number of hydrogen-bond acceptors (Lipinski definition) is 3. The minimum atomic E-state index is -0.197. The number of likely N-dealkylation sites (tertiary alicyclic amines) is 1. The molecule has 1 aliphatic rings. The summed E-state index contributed by atoms with van der Waals surface area (Å²) >= 11 is 0. The second-order valence-corrected chi connectivity index (χ2v) is 6.10. The Balaban J connectivity index is 1.77. The Bertz CT molecular complexity index is 777. The quantitative estimate of drug-likeness (QED) is 0.797. The highest BCUT2D eigenvalue weighted by molar-refractivity contribution is 5.90. The number of nitrogens with zero attached hydrogens (tertiary/aromatic N) is 1. The summed E-state index contributed by atoms with van der Waals surface area (Å²) in [5.41, 5.74) is 1.96. The first kappa shape index (κ1) is 16.8. The van der Waals surface area contributed by atoms with E-state index in [0.717, 1.165) is 18.5 Å². The van der Waals surface area contributed by atoms with Gasteiger partial charge in [-0.05, 0) is 31.0 Å². The first-order valence-electron chi connectivity index (χ1n) is 8.28. The highest BCUT2D eigenvalue weighted by Gasteiger charge is 2.31. The third kappa shape index (κ3) is 3.91. The molecule has 0 saturated carbocycles. The molecule has 3 N–H and O–H groups in total. The molecule has 0 radical (unpaired) electrons. The third-order valence-electron chi connectivity index (χ3n) is 4.25. The first-order valence-corrected chi connectivity index (χ1v) is 8.28. The Morgan fingerprint density at radius 2 is 1.84 bits per heavy atom.